The molecule has 0 aliphatic heterocycles. The lowest BCUT2D eigenvalue weighted by Crippen LogP contribution is -2.32. The van der Waals surface area contributed by atoms with E-state index < -0.39 is 0 Å². The minimum Gasteiger partial charge on any atom is -0.286 e. The van der Waals surface area contributed by atoms with Crippen LogP contribution in [0.2, 0.25) is 0 Å². The molecule has 0 bridgehead atoms. The van der Waals surface area contributed by atoms with Gasteiger partial charge in [-0.25, -0.2) is 9.37 Å². The molecule has 110 valence electrons. The van der Waals surface area contributed by atoms with E-state index in [4.69, 9.17) is 10.8 Å². The summed E-state index contributed by atoms with van der Waals surface area (Å²) in [7, 11) is 0. The number of nitrogens with zero attached hydrogens (tertiary/aromatic N) is 3. The maximum absolute atomic E-state index is 12.9. The lowest BCUT2D eigenvalue weighted by Gasteiger charge is -2.08. The number of halogens is 1. The Labute approximate surface area is 129 Å². The zero-order valence-corrected chi connectivity index (χ0v) is 12.3. The Morgan fingerprint density at radius 3 is 2.68 bits per heavy atom. The van der Waals surface area contributed by atoms with E-state index in [1.165, 1.54) is 34.3 Å². The van der Waals surface area contributed by atoms with Crippen LogP contribution in [0.4, 0.5) is 4.39 Å². The maximum atomic E-state index is 12.9. The predicted octanol–water partition coefficient (Wildman–Crippen LogP) is 2.69. The van der Waals surface area contributed by atoms with Gasteiger partial charge in [-0.1, -0.05) is 18.2 Å². The predicted molar refractivity (Wildman–Crippen MR) is 82.4 cm³/mol. The summed E-state index contributed by atoms with van der Waals surface area (Å²) in [4.78, 5) is 4.91. The average Bonchev–Trinajstić information content (AvgIpc) is 3.04. The highest BCUT2D eigenvalue weighted by Gasteiger charge is 2.09. The molecule has 0 unspecified atom stereocenters. The summed E-state index contributed by atoms with van der Waals surface area (Å²) in [6.07, 6.45) is 1.77. The minimum absolute atomic E-state index is 0.104. The molecule has 2 N–H and O–H groups in total. The largest absolute Gasteiger partial charge is 0.286 e. The third-order valence-corrected chi connectivity index (χ3v) is 3.92. The molecular formula is C15H12FN5S. The third-order valence-electron chi connectivity index (χ3n) is 3.03. The van der Waals surface area contributed by atoms with Crippen LogP contribution in [-0.4, -0.2) is 20.6 Å². The van der Waals surface area contributed by atoms with Crippen LogP contribution in [0, 0.1) is 16.6 Å². The van der Waals surface area contributed by atoms with Crippen LogP contribution in [0.25, 0.3) is 10.6 Å². The van der Waals surface area contributed by atoms with Gasteiger partial charge in [0.2, 0.25) is 5.62 Å². The van der Waals surface area contributed by atoms with Gasteiger partial charge in [0.1, 0.15) is 17.3 Å². The topological polar surface area (TPSA) is 78.4 Å². The standard InChI is InChI=1S/C15H12FN5S/c16-11-5-3-10(4-6-11)8-14(17)21-15(18)19-9-12(20-21)13-2-1-7-22-13/h1-7,9,17-18H,8H2. The Kier molecular flexibility index (Phi) is 3.88. The SMILES string of the molecule is N=C(Cc1ccc(F)cc1)n1nc(-c2cccs2)cnc1=N. The number of hydrogen-bond acceptors (Lipinski definition) is 5. The summed E-state index contributed by atoms with van der Waals surface area (Å²) in [5.41, 5.74) is 1.30. The molecule has 7 heteroatoms. The van der Waals surface area contributed by atoms with E-state index in [1.54, 1.807) is 12.1 Å². The van der Waals surface area contributed by atoms with Crippen LogP contribution in [0.5, 0.6) is 0 Å². The number of rotatable bonds is 3. The molecule has 0 radical (unpaired) electrons. The zero-order valence-electron chi connectivity index (χ0n) is 11.5. The van der Waals surface area contributed by atoms with Gasteiger partial charge in [-0.3, -0.25) is 10.8 Å². The first-order chi connectivity index (χ1) is 10.6. The maximum Gasteiger partial charge on any atom is 0.244 e. The van der Waals surface area contributed by atoms with Crippen LogP contribution >= 0.6 is 11.3 Å². The van der Waals surface area contributed by atoms with Gasteiger partial charge in [-0.05, 0) is 29.1 Å². The molecule has 5 nitrogen and oxygen atoms in total. The van der Waals surface area contributed by atoms with Crippen molar-refractivity contribution < 1.29 is 4.39 Å². The van der Waals surface area contributed by atoms with Gasteiger partial charge in [0.05, 0.1) is 11.1 Å². The monoisotopic (exact) mass is 313 g/mol. The van der Waals surface area contributed by atoms with Crippen molar-refractivity contribution in [2.45, 2.75) is 6.42 Å². The van der Waals surface area contributed by atoms with Crippen molar-refractivity contribution >= 4 is 17.2 Å². The Morgan fingerprint density at radius 2 is 2.00 bits per heavy atom. The molecule has 0 atom stereocenters. The van der Waals surface area contributed by atoms with Gasteiger partial charge in [-0.15, -0.1) is 11.3 Å². The molecule has 0 fully saturated rings. The highest BCUT2D eigenvalue weighted by Crippen LogP contribution is 2.20. The molecule has 3 rings (SSSR count). The molecule has 0 aliphatic carbocycles. The summed E-state index contributed by atoms with van der Waals surface area (Å²) in [5, 5.41) is 22.2. The smallest absolute Gasteiger partial charge is 0.244 e. The summed E-state index contributed by atoms with van der Waals surface area (Å²) >= 11 is 1.52. The molecule has 0 saturated heterocycles. The van der Waals surface area contributed by atoms with Crippen molar-refractivity contribution in [3.8, 4) is 10.6 Å². The zero-order chi connectivity index (χ0) is 15.5. The summed E-state index contributed by atoms with van der Waals surface area (Å²) in [6.45, 7) is 0. The second-order valence-electron chi connectivity index (χ2n) is 4.61. The van der Waals surface area contributed by atoms with E-state index in [2.05, 4.69) is 10.1 Å². The quantitative estimate of drug-likeness (QED) is 0.576. The molecule has 2 heterocycles. The van der Waals surface area contributed by atoms with E-state index in [-0.39, 0.29) is 23.7 Å². The Balaban J connectivity index is 1.90. The van der Waals surface area contributed by atoms with Crippen LogP contribution < -0.4 is 5.62 Å². The van der Waals surface area contributed by atoms with Crippen molar-refractivity contribution in [3.63, 3.8) is 0 Å². The summed E-state index contributed by atoms with van der Waals surface area (Å²) < 4.78 is 14.1. The van der Waals surface area contributed by atoms with Crippen molar-refractivity contribution in [2.75, 3.05) is 0 Å². The van der Waals surface area contributed by atoms with Crippen molar-refractivity contribution in [2.24, 2.45) is 0 Å². The fourth-order valence-electron chi connectivity index (χ4n) is 1.95. The molecule has 1 aromatic carbocycles. The molecule has 2 aromatic heterocycles. The second kappa shape index (κ2) is 5.98. The molecule has 0 saturated carbocycles. The first-order valence-electron chi connectivity index (χ1n) is 6.50. The Hall–Kier alpha value is -2.67. The van der Waals surface area contributed by atoms with Gasteiger partial charge < -0.3 is 0 Å². The van der Waals surface area contributed by atoms with Gasteiger partial charge in [-0.2, -0.15) is 9.78 Å². The van der Waals surface area contributed by atoms with Crippen molar-refractivity contribution in [3.05, 3.63) is 65.0 Å². The van der Waals surface area contributed by atoms with Gasteiger partial charge in [0.25, 0.3) is 0 Å². The number of thiophene rings is 1. The van der Waals surface area contributed by atoms with Crippen LogP contribution in [-0.2, 0) is 6.42 Å². The fourth-order valence-corrected chi connectivity index (χ4v) is 2.63. The normalized spacial score (nSPS) is 10.6. The lowest BCUT2D eigenvalue weighted by atomic mass is 10.1. The van der Waals surface area contributed by atoms with E-state index >= 15 is 0 Å². The summed E-state index contributed by atoms with van der Waals surface area (Å²) in [5.74, 6) is -0.203. The minimum atomic E-state index is -0.316. The second-order valence-corrected chi connectivity index (χ2v) is 5.55. The Morgan fingerprint density at radius 1 is 1.23 bits per heavy atom. The van der Waals surface area contributed by atoms with Crippen molar-refractivity contribution in [1.82, 2.24) is 14.8 Å². The summed E-state index contributed by atoms with van der Waals surface area (Å²) in [6, 6.07) is 9.75. The lowest BCUT2D eigenvalue weighted by molar-refractivity contribution is 0.627. The molecule has 0 amide bonds. The van der Waals surface area contributed by atoms with Crippen LogP contribution in [0.1, 0.15) is 5.56 Å². The van der Waals surface area contributed by atoms with Crippen LogP contribution in [0.15, 0.2) is 48.0 Å². The first kappa shape index (κ1) is 14.3. The Bertz CT molecular complexity index is 852. The molecule has 0 aliphatic rings. The van der Waals surface area contributed by atoms with Gasteiger partial charge in [0, 0.05) is 6.42 Å². The highest BCUT2D eigenvalue weighted by molar-refractivity contribution is 7.13. The highest BCUT2D eigenvalue weighted by atomic mass is 32.1. The number of hydrogen-bond donors (Lipinski definition) is 2. The van der Waals surface area contributed by atoms with Crippen LogP contribution in [0.3, 0.4) is 0 Å². The number of aromatic nitrogens is 3. The molecule has 0 spiro atoms. The number of nitrogens with one attached hydrogen (secondary N) is 2. The molecular weight excluding hydrogens is 301 g/mol. The third kappa shape index (κ3) is 2.99. The first-order valence-corrected chi connectivity index (χ1v) is 7.38. The number of benzene rings is 1. The van der Waals surface area contributed by atoms with Gasteiger partial charge in [0.15, 0.2) is 0 Å². The molecule has 22 heavy (non-hydrogen) atoms. The molecule has 3 aromatic rings. The van der Waals surface area contributed by atoms with E-state index in [9.17, 15) is 4.39 Å². The van der Waals surface area contributed by atoms with E-state index in [0.29, 0.717) is 5.69 Å². The van der Waals surface area contributed by atoms with Crippen molar-refractivity contribution in [1.29, 1.82) is 10.8 Å². The average molecular weight is 313 g/mol. The van der Waals surface area contributed by atoms with E-state index in [0.717, 1.165) is 10.4 Å². The fraction of sp³-hybridized carbons (Fsp3) is 0.0667. The van der Waals surface area contributed by atoms with E-state index in [1.807, 2.05) is 17.5 Å². The van der Waals surface area contributed by atoms with Gasteiger partial charge >= 0.3 is 0 Å².